The highest BCUT2D eigenvalue weighted by Crippen LogP contribution is 2.15. The fourth-order valence-electron chi connectivity index (χ4n) is 2.28. The van der Waals surface area contributed by atoms with E-state index < -0.39 is 12.4 Å². The van der Waals surface area contributed by atoms with Crippen molar-refractivity contribution in [1.82, 2.24) is 4.90 Å². The van der Waals surface area contributed by atoms with Gasteiger partial charge in [0.1, 0.15) is 18.5 Å². The summed E-state index contributed by atoms with van der Waals surface area (Å²) < 4.78 is 48.7. The Bertz CT molecular complexity index is 451. The third kappa shape index (κ3) is 4.64. The van der Waals surface area contributed by atoms with E-state index in [1.165, 1.54) is 12.1 Å². The number of morpholine rings is 1. The standard InChI is InChI=1S/C14H20BF3NO2/c1-11(2)19-7-8-20-14(9-19)10-21-13-5-3-12(4-6-13)15(16,17)18/h3-6,11,14H,7-10H2,1-2H3/q-1. The normalized spacial score (nSPS) is 20.8. The van der Waals surface area contributed by atoms with Crippen molar-refractivity contribution >= 4 is 12.4 Å². The van der Waals surface area contributed by atoms with Crippen molar-refractivity contribution in [2.24, 2.45) is 0 Å². The Morgan fingerprint density at radius 2 is 1.95 bits per heavy atom. The maximum atomic E-state index is 12.5. The minimum absolute atomic E-state index is 0.0485. The summed E-state index contributed by atoms with van der Waals surface area (Å²) in [5, 5.41) is 0. The lowest BCUT2D eigenvalue weighted by Crippen LogP contribution is -2.47. The van der Waals surface area contributed by atoms with Crippen LogP contribution in [0.4, 0.5) is 12.9 Å². The van der Waals surface area contributed by atoms with Crippen LogP contribution in [0.25, 0.3) is 0 Å². The molecule has 0 N–H and O–H groups in total. The number of nitrogens with zero attached hydrogens (tertiary/aromatic N) is 1. The fraction of sp³-hybridized carbons (Fsp3) is 0.571. The van der Waals surface area contributed by atoms with E-state index in [0.29, 0.717) is 25.0 Å². The largest absolute Gasteiger partial charge is 0.509 e. The second-order valence-corrected chi connectivity index (χ2v) is 5.54. The van der Waals surface area contributed by atoms with Gasteiger partial charge in [-0.25, -0.2) is 0 Å². The number of rotatable bonds is 5. The van der Waals surface area contributed by atoms with E-state index in [0.717, 1.165) is 25.2 Å². The lowest BCUT2D eigenvalue weighted by molar-refractivity contribution is -0.0564. The Morgan fingerprint density at radius 3 is 2.52 bits per heavy atom. The Labute approximate surface area is 123 Å². The molecular formula is C14H20BF3NO2-. The maximum Gasteiger partial charge on any atom is 0.509 e. The van der Waals surface area contributed by atoms with Crippen molar-refractivity contribution in [1.29, 1.82) is 0 Å². The lowest BCUT2D eigenvalue weighted by atomic mass is 9.80. The summed E-state index contributed by atoms with van der Waals surface area (Å²) in [5.74, 6) is 0.434. The van der Waals surface area contributed by atoms with Crippen molar-refractivity contribution in [3.05, 3.63) is 24.3 Å². The molecule has 0 saturated carbocycles. The van der Waals surface area contributed by atoms with Gasteiger partial charge >= 0.3 is 6.98 Å². The predicted molar refractivity (Wildman–Crippen MR) is 77.1 cm³/mol. The molecule has 0 radical (unpaired) electrons. The highest BCUT2D eigenvalue weighted by atomic mass is 19.4. The topological polar surface area (TPSA) is 21.7 Å². The molecule has 1 saturated heterocycles. The highest BCUT2D eigenvalue weighted by Gasteiger charge is 2.25. The molecule has 0 aliphatic carbocycles. The van der Waals surface area contributed by atoms with Gasteiger partial charge in [0.05, 0.1) is 6.61 Å². The first-order valence-electron chi connectivity index (χ1n) is 7.14. The molecular weight excluding hydrogens is 282 g/mol. The molecule has 0 bridgehead atoms. The monoisotopic (exact) mass is 302 g/mol. The Balaban J connectivity index is 1.85. The van der Waals surface area contributed by atoms with Crippen LogP contribution in [0.1, 0.15) is 13.8 Å². The molecule has 1 atom stereocenters. The molecule has 3 nitrogen and oxygen atoms in total. The number of halogens is 3. The van der Waals surface area contributed by atoms with Gasteiger partial charge in [-0.05, 0) is 26.0 Å². The minimum Gasteiger partial charge on any atom is -0.491 e. The summed E-state index contributed by atoms with van der Waals surface area (Å²) in [5.41, 5.74) is -0.609. The van der Waals surface area contributed by atoms with Crippen LogP contribution in [0.3, 0.4) is 0 Å². The quantitative estimate of drug-likeness (QED) is 0.779. The lowest BCUT2D eigenvalue weighted by Gasteiger charge is -2.35. The van der Waals surface area contributed by atoms with Crippen LogP contribution in [-0.2, 0) is 4.74 Å². The number of hydrogen-bond donors (Lipinski definition) is 0. The van der Waals surface area contributed by atoms with Gasteiger partial charge in [0.2, 0.25) is 0 Å². The molecule has 118 valence electrons. The van der Waals surface area contributed by atoms with Crippen molar-refractivity contribution in [3.8, 4) is 5.75 Å². The van der Waals surface area contributed by atoms with Crippen LogP contribution in [0.15, 0.2) is 24.3 Å². The maximum absolute atomic E-state index is 12.5. The Hall–Kier alpha value is -1.21. The minimum atomic E-state index is -4.95. The van der Waals surface area contributed by atoms with Gasteiger partial charge in [-0.1, -0.05) is 12.1 Å². The van der Waals surface area contributed by atoms with Gasteiger partial charge in [0.15, 0.2) is 0 Å². The molecule has 21 heavy (non-hydrogen) atoms. The third-order valence-electron chi connectivity index (χ3n) is 3.59. The van der Waals surface area contributed by atoms with Crippen LogP contribution in [0.2, 0.25) is 0 Å². The van der Waals surface area contributed by atoms with Crippen molar-refractivity contribution in [2.45, 2.75) is 26.0 Å². The van der Waals surface area contributed by atoms with Crippen LogP contribution in [0, 0.1) is 0 Å². The fourth-order valence-corrected chi connectivity index (χ4v) is 2.28. The van der Waals surface area contributed by atoms with E-state index >= 15 is 0 Å². The van der Waals surface area contributed by atoms with Gasteiger partial charge in [-0.2, -0.15) is 0 Å². The number of ether oxygens (including phenoxy) is 2. The first-order chi connectivity index (χ1) is 9.86. The number of benzene rings is 1. The summed E-state index contributed by atoms with van der Waals surface area (Å²) in [6.45, 7) is 1.98. The average molecular weight is 302 g/mol. The van der Waals surface area contributed by atoms with Gasteiger partial charge in [0.25, 0.3) is 0 Å². The summed E-state index contributed by atoms with van der Waals surface area (Å²) in [4.78, 5) is 2.30. The van der Waals surface area contributed by atoms with Gasteiger partial charge in [-0.3, -0.25) is 4.90 Å². The van der Waals surface area contributed by atoms with Gasteiger partial charge < -0.3 is 22.4 Å². The average Bonchev–Trinajstić information content (AvgIpc) is 2.45. The molecule has 1 aliphatic rings. The summed E-state index contributed by atoms with van der Waals surface area (Å²) in [7, 11) is 0. The number of hydrogen-bond acceptors (Lipinski definition) is 3. The smallest absolute Gasteiger partial charge is 0.491 e. The van der Waals surface area contributed by atoms with Gasteiger partial charge in [0, 0.05) is 19.1 Å². The molecule has 1 fully saturated rings. The first kappa shape index (κ1) is 16.2. The van der Waals surface area contributed by atoms with Crippen molar-refractivity contribution in [3.63, 3.8) is 0 Å². The SMILES string of the molecule is CC(C)N1CCOC(COc2ccc([B-](F)(F)F)cc2)C1. The molecule has 1 heterocycles. The summed E-state index contributed by atoms with van der Waals surface area (Å²) in [6, 6.07) is 5.26. The Kier molecular flexibility index (Phi) is 5.16. The van der Waals surface area contributed by atoms with E-state index in [-0.39, 0.29) is 6.10 Å². The van der Waals surface area contributed by atoms with Crippen LogP contribution in [-0.4, -0.2) is 50.3 Å². The molecule has 0 amide bonds. The van der Waals surface area contributed by atoms with E-state index in [9.17, 15) is 12.9 Å². The van der Waals surface area contributed by atoms with E-state index in [1.54, 1.807) is 0 Å². The molecule has 7 heteroatoms. The molecule has 0 aromatic heterocycles. The molecule has 1 aromatic carbocycles. The molecule has 1 aliphatic heterocycles. The van der Waals surface area contributed by atoms with E-state index in [4.69, 9.17) is 9.47 Å². The van der Waals surface area contributed by atoms with Crippen LogP contribution < -0.4 is 10.2 Å². The van der Waals surface area contributed by atoms with E-state index in [1.807, 2.05) is 0 Å². The van der Waals surface area contributed by atoms with E-state index in [2.05, 4.69) is 18.7 Å². The van der Waals surface area contributed by atoms with Crippen molar-refractivity contribution < 1.29 is 22.4 Å². The molecule has 0 spiro atoms. The zero-order chi connectivity index (χ0) is 15.5. The van der Waals surface area contributed by atoms with Crippen molar-refractivity contribution in [2.75, 3.05) is 26.3 Å². The highest BCUT2D eigenvalue weighted by molar-refractivity contribution is 6.73. The van der Waals surface area contributed by atoms with Gasteiger partial charge in [-0.15, -0.1) is 5.46 Å². The third-order valence-corrected chi connectivity index (χ3v) is 3.59. The molecule has 2 rings (SSSR count). The van der Waals surface area contributed by atoms with Crippen LogP contribution in [0.5, 0.6) is 5.75 Å². The van der Waals surface area contributed by atoms with Crippen LogP contribution >= 0.6 is 0 Å². The zero-order valence-corrected chi connectivity index (χ0v) is 12.3. The second-order valence-electron chi connectivity index (χ2n) is 5.54. The predicted octanol–water partition coefficient (Wildman–Crippen LogP) is 2.23. The Morgan fingerprint density at radius 1 is 1.29 bits per heavy atom. The summed E-state index contributed by atoms with van der Waals surface area (Å²) in [6.07, 6.45) is -0.0485. The second kappa shape index (κ2) is 6.70. The molecule has 1 unspecified atom stereocenters. The molecule has 1 aromatic rings. The summed E-state index contributed by atoms with van der Waals surface area (Å²) >= 11 is 0. The first-order valence-corrected chi connectivity index (χ1v) is 7.14. The zero-order valence-electron chi connectivity index (χ0n) is 12.3.